The fourth-order valence-electron chi connectivity index (χ4n) is 3.91. The smallest absolute Gasteiger partial charge is 0.261 e. The molecule has 5 nitrogen and oxygen atoms in total. The minimum Gasteiger partial charge on any atom is -0.483 e. The summed E-state index contributed by atoms with van der Waals surface area (Å²) in [4.78, 5) is 27.8. The maximum absolute atomic E-state index is 13.2. The van der Waals surface area contributed by atoms with Crippen molar-refractivity contribution in [3.63, 3.8) is 0 Å². The summed E-state index contributed by atoms with van der Waals surface area (Å²) in [6.45, 7) is 4.06. The van der Waals surface area contributed by atoms with Crippen LogP contribution in [0.3, 0.4) is 0 Å². The second-order valence-electron chi connectivity index (χ2n) is 8.22. The number of hydrogen-bond acceptors (Lipinski definition) is 3. The third-order valence-electron chi connectivity index (χ3n) is 5.87. The lowest BCUT2D eigenvalue weighted by Gasteiger charge is -2.29. The number of rotatable bonds is 9. The molecule has 0 aromatic heterocycles. The lowest BCUT2D eigenvalue weighted by Crippen LogP contribution is -2.50. The largest absolute Gasteiger partial charge is 0.483 e. The third-order valence-corrected chi connectivity index (χ3v) is 6.98. The van der Waals surface area contributed by atoms with Gasteiger partial charge in [-0.25, -0.2) is 0 Å². The van der Waals surface area contributed by atoms with Crippen LogP contribution in [-0.2, 0) is 22.6 Å². The number of carbonyl (C=O) groups excluding carboxylic acids is 2. The minimum atomic E-state index is -0.600. The van der Waals surface area contributed by atoms with Gasteiger partial charge in [0.2, 0.25) is 5.91 Å². The van der Waals surface area contributed by atoms with Crippen molar-refractivity contribution in [2.24, 2.45) is 0 Å². The zero-order valence-corrected chi connectivity index (χ0v) is 21.7. The van der Waals surface area contributed by atoms with Gasteiger partial charge in [0.15, 0.2) is 6.61 Å². The number of nitrogens with zero attached hydrogens (tertiary/aromatic N) is 1. The highest BCUT2D eigenvalue weighted by Gasteiger charge is 2.29. The van der Waals surface area contributed by atoms with E-state index in [9.17, 15) is 9.59 Å². The molecule has 0 radical (unpaired) electrons. The second kappa shape index (κ2) is 11.8. The van der Waals surface area contributed by atoms with Gasteiger partial charge in [-0.15, -0.1) is 0 Å². The van der Waals surface area contributed by atoms with Gasteiger partial charge in [-0.2, -0.15) is 0 Å². The number of amides is 2. The number of aryl methyl sites for hydroxylation is 1. The summed E-state index contributed by atoms with van der Waals surface area (Å²) in [6, 6.07) is 13.2. The Labute approximate surface area is 207 Å². The number of benzene rings is 2. The van der Waals surface area contributed by atoms with Crippen LogP contribution in [0.4, 0.5) is 0 Å². The summed E-state index contributed by atoms with van der Waals surface area (Å²) < 4.78 is 7.57. The van der Waals surface area contributed by atoms with Gasteiger partial charge in [-0.05, 0) is 77.5 Å². The highest BCUT2D eigenvalue weighted by molar-refractivity contribution is 9.10. The SMILES string of the molecule is CCc1ccc(OCC(=O)N(Cc2cccc(Br)c2)[C@H](C)C(=O)NC2CCCC2)c(Br)c1. The molecular formula is C25H30Br2N2O3. The van der Waals surface area contributed by atoms with Crippen LogP contribution in [0.25, 0.3) is 0 Å². The lowest BCUT2D eigenvalue weighted by molar-refractivity contribution is -0.142. The van der Waals surface area contributed by atoms with E-state index in [0.717, 1.165) is 46.6 Å². The van der Waals surface area contributed by atoms with E-state index in [1.54, 1.807) is 11.8 Å². The molecule has 32 heavy (non-hydrogen) atoms. The topological polar surface area (TPSA) is 58.6 Å². The van der Waals surface area contributed by atoms with Gasteiger partial charge in [0.25, 0.3) is 5.91 Å². The summed E-state index contributed by atoms with van der Waals surface area (Å²) in [5, 5.41) is 3.12. The summed E-state index contributed by atoms with van der Waals surface area (Å²) in [6.07, 6.45) is 5.21. The zero-order valence-electron chi connectivity index (χ0n) is 18.6. The highest BCUT2D eigenvalue weighted by atomic mass is 79.9. The molecule has 0 bridgehead atoms. The molecule has 1 aliphatic rings. The molecule has 1 saturated carbocycles. The fourth-order valence-corrected chi connectivity index (χ4v) is 4.90. The summed E-state index contributed by atoms with van der Waals surface area (Å²) in [5.74, 6) is 0.264. The molecule has 7 heteroatoms. The Balaban J connectivity index is 1.72. The minimum absolute atomic E-state index is 0.117. The van der Waals surface area contributed by atoms with Crippen molar-refractivity contribution in [2.75, 3.05) is 6.61 Å². The molecule has 1 N–H and O–H groups in total. The van der Waals surface area contributed by atoms with E-state index < -0.39 is 6.04 Å². The van der Waals surface area contributed by atoms with Crippen molar-refractivity contribution >= 4 is 43.7 Å². The summed E-state index contributed by atoms with van der Waals surface area (Å²) in [7, 11) is 0. The van der Waals surface area contributed by atoms with E-state index in [4.69, 9.17) is 4.74 Å². The van der Waals surface area contributed by atoms with E-state index >= 15 is 0 Å². The van der Waals surface area contributed by atoms with Crippen molar-refractivity contribution in [3.8, 4) is 5.75 Å². The van der Waals surface area contributed by atoms with Gasteiger partial charge in [0.05, 0.1) is 4.47 Å². The van der Waals surface area contributed by atoms with Gasteiger partial charge in [0.1, 0.15) is 11.8 Å². The van der Waals surface area contributed by atoms with Crippen LogP contribution in [0.1, 0.15) is 50.7 Å². The predicted octanol–water partition coefficient (Wildman–Crippen LogP) is 5.63. The van der Waals surface area contributed by atoms with Gasteiger partial charge in [-0.3, -0.25) is 9.59 Å². The van der Waals surface area contributed by atoms with Crippen LogP contribution in [0.5, 0.6) is 5.75 Å². The van der Waals surface area contributed by atoms with Gasteiger partial charge >= 0.3 is 0 Å². The first-order valence-corrected chi connectivity index (χ1v) is 12.7. The number of halogens is 2. The first-order valence-electron chi connectivity index (χ1n) is 11.1. The van der Waals surface area contributed by atoms with Gasteiger partial charge in [-0.1, -0.05) is 53.9 Å². The summed E-state index contributed by atoms with van der Waals surface area (Å²) in [5.41, 5.74) is 2.13. The van der Waals surface area contributed by atoms with Crippen LogP contribution in [0.2, 0.25) is 0 Å². The first kappa shape index (κ1) is 24.8. The quantitative estimate of drug-likeness (QED) is 0.429. The highest BCUT2D eigenvalue weighted by Crippen LogP contribution is 2.26. The molecule has 0 spiro atoms. The van der Waals surface area contributed by atoms with E-state index in [1.165, 1.54) is 5.56 Å². The monoisotopic (exact) mass is 564 g/mol. The predicted molar refractivity (Wildman–Crippen MR) is 134 cm³/mol. The number of ether oxygens (including phenoxy) is 1. The average Bonchev–Trinajstić information content (AvgIpc) is 3.29. The molecule has 172 valence electrons. The Morgan fingerprint density at radius 3 is 2.53 bits per heavy atom. The van der Waals surface area contributed by atoms with Gasteiger partial charge in [0, 0.05) is 17.1 Å². The maximum Gasteiger partial charge on any atom is 0.261 e. The molecule has 1 aliphatic carbocycles. The van der Waals surface area contributed by atoms with Crippen molar-refractivity contribution in [2.45, 2.75) is 64.6 Å². The molecule has 2 aromatic rings. The number of carbonyl (C=O) groups is 2. The van der Waals surface area contributed by atoms with Crippen molar-refractivity contribution in [1.82, 2.24) is 10.2 Å². The Hall–Kier alpha value is -1.86. The normalized spacial score (nSPS) is 14.8. The number of hydrogen-bond donors (Lipinski definition) is 1. The Kier molecular flexibility index (Phi) is 9.17. The van der Waals surface area contributed by atoms with Crippen LogP contribution < -0.4 is 10.1 Å². The molecule has 3 rings (SSSR count). The van der Waals surface area contributed by atoms with Crippen molar-refractivity contribution in [1.29, 1.82) is 0 Å². The van der Waals surface area contributed by atoms with Crippen molar-refractivity contribution < 1.29 is 14.3 Å². The van der Waals surface area contributed by atoms with Crippen LogP contribution in [-0.4, -0.2) is 35.4 Å². The Morgan fingerprint density at radius 1 is 1.12 bits per heavy atom. The maximum atomic E-state index is 13.2. The van der Waals surface area contributed by atoms with Crippen LogP contribution >= 0.6 is 31.9 Å². The molecule has 0 saturated heterocycles. The molecular weight excluding hydrogens is 536 g/mol. The standard InChI is InChI=1S/C25H30Br2N2O3/c1-3-18-11-12-23(22(27)14-18)32-16-24(30)29(15-19-7-6-8-20(26)13-19)17(2)25(31)28-21-9-4-5-10-21/h6-8,11-14,17,21H,3-5,9-10,15-16H2,1-2H3,(H,28,31)/t17-/m1/s1. The Morgan fingerprint density at radius 2 is 1.88 bits per heavy atom. The van der Waals surface area contributed by atoms with Crippen LogP contribution in [0, 0.1) is 0 Å². The van der Waals surface area contributed by atoms with Crippen molar-refractivity contribution in [3.05, 3.63) is 62.5 Å². The number of nitrogens with one attached hydrogen (secondary N) is 1. The van der Waals surface area contributed by atoms with E-state index in [1.807, 2.05) is 42.5 Å². The van der Waals surface area contributed by atoms with E-state index in [0.29, 0.717) is 12.3 Å². The average molecular weight is 566 g/mol. The molecule has 0 heterocycles. The van der Waals surface area contributed by atoms with E-state index in [-0.39, 0.29) is 24.5 Å². The zero-order chi connectivity index (χ0) is 23.1. The Bertz CT molecular complexity index is 945. The second-order valence-corrected chi connectivity index (χ2v) is 9.99. The molecule has 2 amide bonds. The summed E-state index contributed by atoms with van der Waals surface area (Å²) >= 11 is 7.00. The third kappa shape index (κ3) is 6.82. The molecule has 0 unspecified atom stereocenters. The van der Waals surface area contributed by atoms with Crippen LogP contribution in [0.15, 0.2) is 51.4 Å². The first-order chi connectivity index (χ1) is 15.4. The molecule has 2 aromatic carbocycles. The molecule has 1 fully saturated rings. The fraction of sp³-hybridized carbons (Fsp3) is 0.440. The van der Waals surface area contributed by atoms with E-state index in [2.05, 4.69) is 44.1 Å². The lowest BCUT2D eigenvalue weighted by atomic mass is 10.1. The van der Waals surface area contributed by atoms with Gasteiger partial charge < -0.3 is 15.0 Å². The molecule has 1 atom stereocenters. The molecule has 0 aliphatic heterocycles.